The normalized spacial score (nSPS) is 10.5. The van der Waals surface area contributed by atoms with Gasteiger partial charge in [0.2, 0.25) is 0 Å². The molecule has 1 nitrogen and oxygen atoms in total. The minimum atomic E-state index is -1.52. The first-order chi connectivity index (χ1) is 24.7. The van der Waals surface area contributed by atoms with E-state index in [-0.39, 0.29) is 29.7 Å². The second-order valence-electron chi connectivity index (χ2n) is 12.1. The molecule has 8 rings (SSSR count). The predicted molar refractivity (Wildman–Crippen MR) is 216 cm³/mol. The molecule has 0 aliphatic carbocycles. The fourth-order valence-electron chi connectivity index (χ4n) is 6.25. The zero-order valence-corrected chi connectivity index (χ0v) is 31.3. The van der Waals surface area contributed by atoms with Gasteiger partial charge in [0.25, 0.3) is 0 Å². The maximum absolute atomic E-state index is 10.3. The van der Waals surface area contributed by atoms with E-state index in [1.807, 2.05) is 48.5 Å². The standard InChI is InChI=1S/C42H31OP.C6H6.HI/c43-39-21-23-40(24-22-39)44(41-27-35(31-13-5-1-6-14-31)25-36(28-41)32-15-7-2-8-16-32)42-29-37(33-17-9-3-10-18-33)26-38(30-42)34-19-11-4-12-20-34;1-2-4-6-5-3-1;/h1-30,43H;1-6H;1H. The molecule has 0 saturated heterocycles. The molecule has 0 radical (unpaired) electrons. The Kier molecular flexibility index (Phi) is 12.3. The van der Waals surface area contributed by atoms with Crippen molar-refractivity contribution >= 4 is 23.8 Å². The fourth-order valence-corrected chi connectivity index (χ4v) is 8.95. The van der Waals surface area contributed by atoms with E-state index in [9.17, 15) is 5.11 Å². The van der Waals surface area contributed by atoms with Gasteiger partial charge in [-0.2, -0.15) is 0 Å². The van der Waals surface area contributed by atoms with Gasteiger partial charge in [0, 0.05) is 0 Å². The van der Waals surface area contributed by atoms with E-state index in [4.69, 9.17) is 0 Å². The minimum Gasteiger partial charge on any atom is -1.00 e. The molecule has 0 unspecified atom stereocenters. The summed E-state index contributed by atoms with van der Waals surface area (Å²) in [5.41, 5.74) is 9.58. The summed E-state index contributed by atoms with van der Waals surface area (Å²) in [6.07, 6.45) is 0. The summed E-state index contributed by atoms with van der Waals surface area (Å²) in [6, 6.07) is 76.5. The third kappa shape index (κ3) is 9.10. The lowest BCUT2D eigenvalue weighted by molar-refractivity contribution is -0.0000105. The van der Waals surface area contributed by atoms with Crippen molar-refractivity contribution in [1.82, 2.24) is 0 Å². The van der Waals surface area contributed by atoms with Crippen molar-refractivity contribution in [3.05, 3.63) is 218 Å². The van der Waals surface area contributed by atoms with Crippen molar-refractivity contribution in [3.8, 4) is 50.3 Å². The second kappa shape index (κ2) is 17.6. The van der Waals surface area contributed by atoms with Gasteiger partial charge in [0.1, 0.15) is 21.7 Å². The minimum absolute atomic E-state index is 0. The summed E-state index contributed by atoms with van der Waals surface area (Å²) in [7, 11) is -1.52. The smallest absolute Gasteiger partial charge is 0.115 e. The fraction of sp³-hybridized carbons (Fsp3) is 0. The summed E-state index contributed by atoms with van der Waals surface area (Å²) < 4.78 is 0. The van der Waals surface area contributed by atoms with Crippen molar-refractivity contribution in [2.75, 3.05) is 0 Å². The van der Waals surface area contributed by atoms with Crippen LogP contribution in [0, 0.1) is 0 Å². The van der Waals surface area contributed by atoms with Crippen molar-refractivity contribution in [3.63, 3.8) is 0 Å². The van der Waals surface area contributed by atoms with Crippen LogP contribution in [0.3, 0.4) is 0 Å². The van der Waals surface area contributed by atoms with E-state index in [0.717, 1.165) is 0 Å². The number of aromatic hydroxyl groups is 1. The summed E-state index contributed by atoms with van der Waals surface area (Å²) >= 11 is 0. The Hall–Kier alpha value is -5.28. The zero-order valence-electron chi connectivity index (χ0n) is 28.1. The largest absolute Gasteiger partial charge is 1.00 e. The van der Waals surface area contributed by atoms with Crippen LogP contribution in [0.5, 0.6) is 5.75 Å². The summed E-state index contributed by atoms with van der Waals surface area (Å²) in [6.45, 7) is 0. The quantitative estimate of drug-likeness (QED) is 0.128. The molecular weight excluding hydrogens is 750 g/mol. The maximum atomic E-state index is 10.3. The first kappa shape index (κ1) is 35.5. The Morgan fingerprint density at radius 3 is 0.784 bits per heavy atom. The van der Waals surface area contributed by atoms with Gasteiger partial charge in [0.15, 0.2) is 0 Å². The molecule has 0 aromatic heterocycles. The van der Waals surface area contributed by atoms with Crippen molar-refractivity contribution in [1.29, 1.82) is 0 Å². The lowest BCUT2D eigenvalue weighted by atomic mass is 9.99. The Morgan fingerprint density at radius 2 is 0.510 bits per heavy atom. The van der Waals surface area contributed by atoms with E-state index in [1.165, 1.54) is 60.4 Å². The van der Waals surface area contributed by atoms with Crippen molar-refractivity contribution in [2.45, 2.75) is 0 Å². The molecule has 0 amide bonds. The Morgan fingerprint density at radius 1 is 0.255 bits per heavy atom. The zero-order chi connectivity index (χ0) is 34.0. The van der Waals surface area contributed by atoms with Crippen LogP contribution in [-0.2, 0) is 0 Å². The Balaban J connectivity index is 0.000000582. The van der Waals surface area contributed by atoms with E-state index < -0.39 is 7.92 Å². The predicted octanol–water partition coefficient (Wildman–Crippen LogP) is 8.24. The van der Waals surface area contributed by atoms with Gasteiger partial charge in [-0.15, -0.1) is 0 Å². The number of hydrogen-bond donors (Lipinski definition) is 1. The molecule has 0 spiro atoms. The van der Waals surface area contributed by atoms with E-state index >= 15 is 0 Å². The molecule has 3 heteroatoms. The number of phenols is 1. The van der Waals surface area contributed by atoms with Gasteiger partial charge >= 0.3 is 0 Å². The molecular formula is C48H38IOP. The van der Waals surface area contributed by atoms with Gasteiger partial charge in [-0.05, 0) is 105 Å². The molecule has 0 saturated carbocycles. The highest BCUT2D eigenvalue weighted by atomic mass is 127. The van der Waals surface area contributed by atoms with Gasteiger partial charge in [-0.1, -0.05) is 158 Å². The highest BCUT2D eigenvalue weighted by Crippen LogP contribution is 2.39. The first-order valence-corrected chi connectivity index (χ1v) is 18.4. The van der Waals surface area contributed by atoms with Crippen LogP contribution < -0.4 is 39.9 Å². The molecule has 8 aromatic rings. The SMILES string of the molecule is Oc1ccc([PH+](c2cc(-c3ccccc3)cc(-c3ccccc3)c2)c2cc(-c3ccccc3)cc(-c3ccccc3)c2)cc1.[I-].c1ccccc1. The second-order valence-corrected chi connectivity index (χ2v) is 14.6. The summed E-state index contributed by atoms with van der Waals surface area (Å²) in [5.74, 6) is 0.279. The molecule has 0 atom stereocenters. The van der Waals surface area contributed by atoms with Crippen LogP contribution in [-0.4, -0.2) is 5.11 Å². The number of benzene rings is 8. The third-order valence-corrected chi connectivity index (χ3v) is 11.3. The van der Waals surface area contributed by atoms with Gasteiger partial charge in [-0.25, -0.2) is 0 Å². The number of rotatable bonds is 7. The average molecular weight is 789 g/mol. The highest BCUT2D eigenvalue weighted by molar-refractivity contribution is 7.79. The van der Waals surface area contributed by atoms with Gasteiger partial charge < -0.3 is 29.1 Å². The number of hydrogen-bond acceptors (Lipinski definition) is 1. The topological polar surface area (TPSA) is 20.2 Å². The van der Waals surface area contributed by atoms with Crippen molar-refractivity contribution in [2.24, 2.45) is 0 Å². The van der Waals surface area contributed by atoms with Crippen LogP contribution in [0.4, 0.5) is 0 Å². The first-order valence-electron chi connectivity index (χ1n) is 16.9. The molecule has 0 aliphatic rings. The lowest BCUT2D eigenvalue weighted by Crippen LogP contribution is -3.00. The van der Waals surface area contributed by atoms with Crippen molar-refractivity contribution < 1.29 is 29.1 Å². The average Bonchev–Trinajstić information content (AvgIpc) is 3.21. The highest BCUT2D eigenvalue weighted by Gasteiger charge is 2.28. The van der Waals surface area contributed by atoms with E-state index in [1.54, 1.807) is 0 Å². The van der Waals surface area contributed by atoms with Crippen LogP contribution in [0.1, 0.15) is 0 Å². The van der Waals surface area contributed by atoms with Crippen LogP contribution in [0.25, 0.3) is 44.5 Å². The van der Waals surface area contributed by atoms with Crippen LogP contribution in [0.2, 0.25) is 0 Å². The Labute approximate surface area is 319 Å². The van der Waals surface area contributed by atoms with Gasteiger partial charge in [0.05, 0.1) is 7.92 Å². The molecule has 1 N–H and O–H groups in total. The summed E-state index contributed by atoms with van der Waals surface area (Å²) in [5, 5.41) is 14.1. The molecule has 0 heterocycles. The molecule has 51 heavy (non-hydrogen) atoms. The molecule has 8 aromatic carbocycles. The summed E-state index contributed by atoms with van der Waals surface area (Å²) in [4.78, 5) is 0. The van der Waals surface area contributed by atoms with E-state index in [2.05, 4.69) is 170 Å². The molecule has 0 bridgehead atoms. The number of halogens is 1. The maximum Gasteiger partial charge on any atom is 0.115 e. The number of phenolic OH excluding ortho intramolecular Hbond substituents is 1. The van der Waals surface area contributed by atoms with Crippen LogP contribution in [0.15, 0.2) is 218 Å². The van der Waals surface area contributed by atoms with Crippen LogP contribution >= 0.6 is 7.92 Å². The third-order valence-electron chi connectivity index (χ3n) is 8.69. The molecule has 248 valence electrons. The lowest BCUT2D eigenvalue weighted by Gasteiger charge is -2.17. The van der Waals surface area contributed by atoms with E-state index in [0.29, 0.717) is 0 Å². The Bertz CT molecular complexity index is 1970. The molecule has 0 aliphatic heterocycles. The van der Waals surface area contributed by atoms with Gasteiger partial charge in [-0.3, -0.25) is 0 Å². The molecule has 0 fully saturated rings. The monoisotopic (exact) mass is 788 g/mol.